The van der Waals surface area contributed by atoms with Crippen molar-refractivity contribution in [3.63, 3.8) is 0 Å². The van der Waals surface area contributed by atoms with E-state index in [0.29, 0.717) is 0 Å². The first-order chi connectivity index (χ1) is 10.3. The number of guanidine groups is 1. The number of hydrogen-bond donors (Lipinski definition) is 1. The number of likely N-dealkylation sites (tertiary alicyclic amines) is 1. The second-order valence-electron chi connectivity index (χ2n) is 6.07. The van der Waals surface area contributed by atoms with E-state index in [9.17, 15) is 0 Å². The Labute approximate surface area is 150 Å². The van der Waals surface area contributed by atoms with Gasteiger partial charge in [0.15, 0.2) is 5.96 Å². The minimum atomic E-state index is 0. The maximum Gasteiger partial charge on any atom is 0.193 e. The largest absolute Gasteiger partial charge is 0.356 e. The van der Waals surface area contributed by atoms with Crippen LogP contribution in [0.25, 0.3) is 6.08 Å². The van der Waals surface area contributed by atoms with Gasteiger partial charge in [0.2, 0.25) is 0 Å². The fourth-order valence-corrected chi connectivity index (χ4v) is 2.82. The van der Waals surface area contributed by atoms with Gasteiger partial charge in [-0.1, -0.05) is 42.0 Å². The number of piperidine rings is 1. The molecule has 1 aromatic carbocycles. The molecule has 0 bridgehead atoms. The van der Waals surface area contributed by atoms with E-state index < -0.39 is 0 Å². The lowest BCUT2D eigenvalue weighted by Crippen LogP contribution is -2.45. The Balaban J connectivity index is 0.00000176. The number of aliphatic imine (C=N–C) groups is 1. The zero-order valence-corrected chi connectivity index (χ0v) is 15.6. The highest BCUT2D eigenvalue weighted by Crippen LogP contribution is 2.27. The molecule has 0 radical (unpaired) electrons. The van der Waals surface area contributed by atoms with Crippen LogP contribution in [0, 0.1) is 5.92 Å². The molecule has 1 N–H and O–H groups in total. The van der Waals surface area contributed by atoms with Gasteiger partial charge in [0, 0.05) is 26.7 Å². The minimum absolute atomic E-state index is 0. The highest BCUT2D eigenvalue weighted by Gasteiger charge is 2.23. The van der Waals surface area contributed by atoms with Crippen molar-refractivity contribution < 1.29 is 0 Å². The summed E-state index contributed by atoms with van der Waals surface area (Å²) in [7, 11) is 1.89. The van der Waals surface area contributed by atoms with Gasteiger partial charge >= 0.3 is 0 Å². The molecule has 0 unspecified atom stereocenters. The van der Waals surface area contributed by atoms with Crippen LogP contribution in [0.1, 0.15) is 31.2 Å². The van der Waals surface area contributed by atoms with Crippen LogP contribution in [0.5, 0.6) is 0 Å². The molecule has 0 atom stereocenters. The maximum absolute atomic E-state index is 4.43. The Hall–Kier alpha value is -1.04. The third-order valence-electron chi connectivity index (χ3n) is 4.33. The molecule has 1 saturated heterocycles. The van der Waals surface area contributed by atoms with Crippen molar-refractivity contribution >= 4 is 36.0 Å². The topological polar surface area (TPSA) is 27.6 Å². The van der Waals surface area contributed by atoms with Gasteiger partial charge in [-0.2, -0.15) is 0 Å². The fourth-order valence-electron chi connectivity index (χ4n) is 2.82. The summed E-state index contributed by atoms with van der Waals surface area (Å²) in [5.41, 5.74) is 2.87. The van der Waals surface area contributed by atoms with Crippen molar-refractivity contribution in [1.29, 1.82) is 0 Å². The van der Waals surface area contributed by atoms with Crippen LogP contribution >= 0.6 is 24.0 Å². The molecule has 3 nitrogen and oxygen atoms in total. The van der Waals surface area contributed by atoms with Gasteiger partial charge in [0.25, 0.3) is 0 Å². The summed E-state index contributed by atoms with van der Waals surface area (Å²) in [6.07, 6.45) is 7.39. The average molecular weight is 411 g/mol. The van der Waals surface area contributed by atoms with Crippen molar-refractivity contribution in [1.82, 2.24) is 10.2 Å². The van der Waals surface area contributed by atoms with Crippen LogP contribution in [0.15, 0.2) is 40.9 Å². The number of halogens is 1. The molecule has 4 heteroatoms. The van der Waals surface area contributed by atoms with Gasteiger partial charge in [-0.3, -0.25) is 4.99 Å². The maximum atomic E-state index is 4.43. The van der Waals surface area contributed by atoms with Gasteiger partial charge in [-0.05, 0) is 37.2 Å². The Bertz CT molecular complexity index is 510. The fraction of sp³-hybridized carbons (Fsp3) is 0.500. The highest BCUT2D eigenvalue weighted by atomic mass is 127. The molecule has 1 aromatic rings. The van der Waals surface area contributed by atoms with Crippen LogP contribution in [0.3, 0.4) is 0 Å². The van der Waals surface area contributed by atoms with E-state index in [1.807, 2.05) is 7.05 Å². The molecule has 3 rings (SSSR count). The predicted octanol–water partition coefficient (Wildman–Crippen LogP) is 3.77. The van der Waals surface area contributed by atoms with Gasteiger partial charge in [0.1, 0.15) is 0 Å². The molecular weight excluding hydrogens is 385 g/mol. The van der Waals surface area contributed by atoms with Gasteiger partial charge in [0.05, 0.1) is 0 Å². The Morgan fingerprint density at radius 2 is 1.91 bits per heavy atom. The standard InChI is InChI=1S/C18H25N3.HI/c1-19-18(20-14-17-7-8-17)21-11-9-16(10-12-21)13-15-5-3-2-4-6-15;/h2-6,13,17H,7-12,14H2,1H3,(H,19,20);1H. The highest BCUT2D eigenvalue weighted by molar-refractivity contribution is 14.0. The monoisotopic (exact) mass is 411 g/mol. The first kappa shape index (κ1) is 17.3. The van der Waals surface area contributed by atoms with Crippen molar-refractivity contribution in [2.75, 3.05) is 26.7 Å². The second-order valence-corrected chi connectivity index (χ2v) is 6.07. The summed E-state index contributed by atoms with van der Waals surface area (Å²) >= 11 is 0. The first-order valence-corrected chi connectivity index (χ1v) is 8.05. The van der Waals surface area contributed by atoms with E-state index in [0.717, 1.165) is 44.4 Å². The van der Waals surface area contributed by atoms with E-state index in [-0.39, 0.29) is 24.0 Å². The second kappa shape index (κ2) is 8.56. The summed E-state index contributed by atoms with van der Waals surface area (Å²) in [5, 5.41) is 3.52. The molecule has 1 aliphatic heterocycles. The summed E-state index contributed by atoms with van der Waals surface area (Å²) in [6, 6.07) is 10.6. The molecule has 1 aliphatic carbocycles. The minimum Gasteiger partial charge on any atom is -0.356 e. The van der Waals surface area contributed by atoms with Crippen molar-refractivity contribution in [2.24, 2.45) is 10.9 Å². The SMILES string of the molecule is CN=C(NCC1CC1)N1CCC(=Cc2ccccc2)CC1.I. The van der Waals surface area contributed by atoms with Crippen LogP contribution in [0.4, 0.5) is 0 Å². The van der Waals surface area contributed by atoms with Crippen LogP contribution in [0.2, 0.25) is 0 Å². The molecule has 2 fully saturated rings. The lowest BCUT2D eigenvalue weighted by molar-refractivity contribution is 0.375. The van der Waals surface area contributed by atoms with Gasteiger partial charge in [-0.15, -0.1) is 24.0 Å². The first-order valence-electron chi connectivity index (χ1n) is 8.05. The number of benzene rings is 1. The average Bonchev–Trinajstić information content (AvgIpc) is 3.35. The Morgan fingerprint density at radius 1 is 1.23 bits per heavy atom. The molecule has 1 heterocycles. The predicted molar refractivity (Wildman–Crippen MR) is 105 cm³/mol. The molecule has 2 aliphatic rings. The lowest BCUT2D eigenvalue weighted by Gasteiger charge is -2.31. The number of hydrogen-bond acceptors (Lipinski definition) is 1. The summed E-state index contributed by atoms with van der Waals surface area (Å²) in [6.45, 7) is 3.24. The van der Waals surface area contributed by atoms with E-state index >= 15 is 0 Å². The number of rotatable bonds is 3. The molecule has 0 aromatic heterocycles. The number of nitrogens with one attached hydrogen (secondary N) is 1. The molecule has 0 spiro atoms. The van der Waals surface area contributed by atoms with Gasteiger partial charge < -0.3 is 10.2 Å². The Kier molecular flexibility index (Phi) is 6.73. The molecule has 0 amide bonds. The third-order valence-corrected chi connectivity index (χ3v) is 4.33. The van der Waals surface area contributed by atoms with E-state index in [1.165, 1.54) is 18.4 Å². The quantitative estimate of drug-likeness (QED) is 0.466. The normalized spacial score (nSPS) is 18.7. The number of nitrogens with zero attached hydrogens (tertiary/aromatic N) is 2. The van der Waals surface area contributed by atoms with Gasteiger partial charge in [-0.25, -0.2) is 0 Å². The molecule has 22 heavy (non-hydrogen) atoms. The smallest absolute Gasteiger partial charge is 0.193 e. The van der Waals surface area contributed by atoms with Crippen molar-refractivity contribution in [2.45, 2.75) is 25.7 Å². The van der Waals surface area contributed by atoms with E-state index in [4.69, 9.17) is 0 Å². The lowest BCUT2D eigenvalue weighted by atomic mass is 10.0. The summed E-state index contributed by atoms with van der Waals surface area (Å²) in [4.78, 5) is 6.83. The van der Waals surface area contributed by atoms with Crippen LogP contribution in [-0.4, -0.2) is 37.5 Å². The van der Waals surface area contributed by atoms with E-state index in [2.05, 4.69) is 51.6 Å². The molecular formula is C18H26IN3. The van der Waals surface area contributed by atoms with E-state index in [1.54, 1.807) is 5.57 Å². The summed E-state index contributed by atoms with van der Waals surface area (Å²) in [5.74, 6) is 1.97. The van der Waals surface area contributed by atoms with Crippen LogP contribution < -0.4 is 5.32 Å². The zero-order valence-electron chi connectivity index (χ0n) is 13.3. The third kappa shape index (κ3) is 5.00. The van der Waals surface area contributed by atoms with Crippen molar-refractivity contribution in [3.05, 3.63) is 41.5 Å². The van der Waals surface area contributed by atoms with Crippen LogP contribution in [-0.2, 0) is 0 Å². The zero-order chi connectivity index (χ0) is 14.5. The summed E-state index contributed by atoms with van der Waals surface area (Å²) < 4.78 is 0. The molecule has 1 saturated carbocycles. The molecule has 120 valence electrons. The Morgan fingerprint density at radius 3 is 2.50 bits per heavy atom. The van der Waals surface area contributed by atoms with Crippen molar-refractivity contribution in [3.8, 4) is 0 Å².